The van der Waals surface area contributed by atoms with Crippen LogP contribution in [0.5, 0.6) is 0 Å². The van der Waals surface area contributed by atoms with Crippen molar-refractivity contribution in [3.05, 3.63) is 30.3 Å². The molecule has 1 aromatic rings. The number of hydrogen-bond donors (Lipinski definition) is 1. The largest absolute Gasteiger partial charge is 0.352 e. The molecule has 1 atom stereocenters. The lowest BCUT2D eigenvalue weighted by Crippen LogP contribution is -2.51. The first kappa shape index (κ1) is 19.3. The van der Waals surface area contributed by atoms with Gasteiger partial charge in [-0.25, -0.2) is 8.42 Å². The van der Waals surface area contributed by atoms with E-state index in [4.69, 9.17) is 0 Å². The summed E-state index contributed by atoms with van der Waals surface area (Å²) in [6, 6.07) is 8.55. The Morgan fingerprint density at radius 2 is 1.69 bits per heavy atom. The van der Waals surface area contributed by atoms with Gasteiger partial charge in [0.05, 0.1) is 10.9 Å². The number of likely N-dealkylation sites (tertiary alicyclic amines) is 1. The highest BCUT2D eigenvalue weighted by atomic mass is 32.2. The van der Waals surface area contributed by atoms with Gasteiger partial charge in [0.2, 0.25) is 15.9 Å². The van der Waals surface area contributed by atoms with Crippen molar-refractivity contribution in [3.8, 4) is 0 Å². The molecule has 6 nitrogen and oxygen atoms in total. The van der Waals surface area contributed by atoms with Crippen molar-refractivity contribution in [3.63, 3.8) is 0 Å². The number of piperidine rings is 1. The zero-order chi connectivity index (χ0) is 18.6. The summed E-state index contributed by atoms with van der Waals surface area (Å²) in [5.41, 5.74) is 0. The Bertz CT molecular complexity index is 700. The molecule has 3 rings (SSSR count). The molecule has 0 spiro atoms. The van der Waals surface area contributed by atoms with E-state index in [1.165, 1.54) is 10.7 Å². The topological polar surface area (TPSA) is 69.7 Å². The van der Waals surface area contributed by atoms with Gasteiger partial charge in [-0.05, 0) is 51.4 Å². The molecule has 1 unspecified atom stereocenters. The predicted octanol–water partition coefficient (Wildman–Crippen LogP) is 1.83. The third-order valence-corrected chi connectivity index (χ3v) is 7.42. The lowest BCUT2D eigenvalue weighted by atomic mass is 10.0. The highest BCUT2D eigenvalue weighted by molar-refractivity contribution is 7.89. The van der Waals surface area contributed by atoms with Crippen molar-refractivity contribution in [1.29, 1.82) is 0 Å². The summed E-state index contributed by atoms with van der Waals surface area (Å²) < 4.78 is 26.9. The number of likely N-dealkylation sites (N-methyl/N-ethyl adjacent to an activating group) is 1. The molecule has 0 saturated carbocycles. The fraction of sp³-hybridized carbons (Fsp3) is 0.632. The molecular formula is C19H29N3O3S. The van der Waals surface area contributed by atoms with Crippen molar-refractivity contribution in [2.45, 2.75) is 55.5 Å². The predicted molar refractivity (Wildman–Crippen MR) is 101 cm³/mol. The van der Waals surface area contributed by atoms with Crippen molar-refractivity contribution in [1.82, 2.24) is 14.5 Å². The van der Waals surface area contributed by atoms with Crippen LogP contribution in [-0.4, -0.2) is 62.3 Å². The van der Waals surface area contributed by atoms with Crippen LogP contribution in [0.2, 0.25) is 0 Å². The quantitative estimate of drug-likeness (QED) is 0.867. The Labute approximate surface area is 156 Å². The van der Waals surface area contributed by atoms with Gasteiger partial charge in [0, 0.05) is 19.1 Å². The van der Waals surface area contributed by atoms with Crippen LogP contribution in [0.4, 0.5) is 0 Å². The van der Waals surface area contributed by atoms with Crippen LogP contribution in [0.25, 0.3) is 0 Å². The highest BCUT2D eigenvalue weighted by Crippen LogP contribution is 2.21. The van der Waals surface area contributed by atoms with Gasteiger partial charge in [-0.15, -0.1) is 0 Å². The number of nitrogens with one attached hydrogen (secondary N) is 1. The van der Waals surface area contributed by atoms with Crippen LogP contribution in [-0.2, 0) is 14.8 Å². The zero-order valence-electron chi connectivity index (χ0n) is 15.4. The minimum absolute atomic E-state index is 0.0522. The van der Waals surface area contributed by atoms with Crippen LogP contribution in [0.3, 0.4) is 0 Å². The van der Waals surface area contributed by atoms with Crippen molar-refractivity contribution >= 4 is 15.9 Å². The monoisotopic (exact) mass is 379 g/mol. The fourth-order valence-corrected chi connectivity index (χ4v) is 5.35. The second-order valence-corrected chi connectivity index (χ2v) is 9.28. The van der Waals surface area contributed by atoms with E-state index in [9.17, 15) is 13.2 Å². The number of benzene rings is 1. The van der Waals surface area contributed by atoms with E-state index >= 15 is 0 Å². The molecule has 144 valence electrons. The minimum Gasteiger partial charge on any atom is -0.352 e. The second kappa shape index (κ2) is 8.50. The molecule has 26 heavy (non-hydrogen) atoms. The molecule has 2 saturated heterocycles. The molecule has 7 heteroatoms. The summed E-state index contributed by atoms with van der Waals surface area (Å²) in [6.07, 6.45) is 5.65. The lowest BCUT2D eigenvalue weighted by molar-refractivity contribution is -0.127. The number of carbonyl (C=O) groups is 1. The summed E-state index contributed by atoms with van der Waals surface area (Å²) >= 11 is 0. The maximum atomic E-state index is 12.7. The molecule has 1 aromatic carbocycles. The van der Waals surface area contributed by atoms with E-state index in [2.05, 4.69) is 10.2 Å². The van der Waals surface area contributed by atoms with Gasteiger partial charge < -0.3 is 5.32 Å². The minimum atomic E-state index is -3.44. The molecule has 2 aliphatic heterocycles. The number of sulfonamides is 1. The average Bonchev–Trinajstić information content (AvgIpc) is 2.87. The van der Waals surface area contributed by atoms with E-state index in [1.807, 2.05) is 13.1 Å². The van der Waals surface area contributed by atoms with Crippen molar-refractivity contribution in [2.75, 3.05) is 26.7 Å². The summed E-state index contributed by atoms with van der Waals surface area (Å²) in [7, 11) is -1.42. The Balaban J connectivity index is 1.54. The maximum Gasteiger partial charge on any atom is 0.243 e. The maximum absolute atomic E-state index is 12.7. The third-order valence-electron chi connectivity index (χ3n) is 5.50. The van der Waals surface area contributed by atoms with Crippen LogP contribution in [0.1, 0.15) is 38.5 Å². The van der Waals surface area contributed by atoms with Gasteiger partial charge in [-0.2, -0.15) is 4.31 Å². The van der Waals surface area contributed by atoms with Crippen molar-refractivity contribution in [2.24, 2.45) is 0 Å². The first-order valence-electron chi connectivity index (χ1n) is 9.54. The number of carbonyl (C=O) groups excluding carboxylic acids is 1. The standard InChI is InChI=1S/C19H29N3O3S/c1-21-13-7-3-6-10-18(21)19(23)20-16-11-14-22(15-12-16)26(24,25)17-8-4-2-5-9-17/h2,4-5,8-9,16,18H,3,6-7,10-15H2,1H3,(H,20,23). The fourth-order valence-electron chi connectivity index (χ4n) is 3.86. The summed E-state index contributed by atoms with van der Waals surface area (Å²) in [4.78, 5) is 15.1. The van der Waals surface area contributed by atoms with Crippen LogP contribution < -0.4 is 5.32 Å². The normalized spacial score (nSPS) is 24.1. The van der Waals surface area contributed by atoms with Gasteiger partial charge in [-0.1, -0.05) is 31.0 Å². The summed E-state index contributed by atoms with van der Waals surface area (Å²) in [6.45, 7) is 1.86. The van der Waals surface area contributed by atoms with Crippen molar-refractivity contribution < 1.29 is 13.2 Å². The molecule has 0 bridgehead atoms. The molecule has 0 aliphatic carbocycles. The number of nitrogens with zero attached hydrogens (tertiary/aromatic N) is 2. The Hall–Kier alpha value is -1.44. The number of rotatable bonds is 4. The van der Waals surface area contributed by atoms with E-state index in [0.717, 1.165) is 25.8 Å². The molecular weight excluding hydrogens is 350 g/mol. The first-order valence-corrected chi connectivity index (χ1v) is 11.0. The smallest absolute Gasteiger partial charge is 0.243 e. The van der Waals surface area contributed by atoms with Gasteiger partial charge in [0.15, 0.2) is 0 Å². The van der Waals surface area contributed by atoms with E-state index in [1.54, 1.807) is 24.3 Å². The van der Waals surface area contributed by atoms with E-state index in [0.29, 0.717) is 30.8 Å². The molecule has 2 fully saturated rings. The molecule has 0 aromatic heterocycles. The Morgan fingerprint density at radius 3 is 2.38 bits per heavy atom. The van der Waals surface area contributed by atoms with Gasteiger partial charge in [0.25, 0.3) is 0 Å². The van der Waals surface area contributed by atoms with Gasteiger partial charge in [0.1, 0.15) is 0 Å². The van der Waals surface area contributed by atoms with Gasteiger partial charge >= 0.3 is 0 Å². The van der Waals surface area contributed by atoms with Gasteiger partial charge in [-0.3, -0.25) is 9.69 Å². The summed E-state index contributed by atoms with van der Waals surface area (Å²) in [5, 5.41) is 3.16. The van der Waals surface area contributed by atoms with Crippen LogP contribution in [0, 0.1) is 0 Å². The molecule has 1 amide bonds. The first-order chi connectivity index (χ1) is 12.5. The third kappa shape index (κ3) is 4.45. The molecule has 0 radical (unpaired) electrons. The van der Waals surface area contributed by atoms with E-state index in [-0.39, 0.29) is 18.0 Å². The molecule has 1 N–H and O–H groups in total. The number of hydrogen-bond acceptors (Lipinski definition) is 4. The van der Waals surface area contributed by atoms with Crippen LogP contribution in [0.15, 0.2) is 35.2 Å². The Kier molecular flexibility index (Phi) is 6.32. The zero-order valence-corrected chi connectivity index (χ0v) is 16.2. The lowest BCUT2D eigenvalue weighted by Gasteiger charge is -2.33. The molecule has 2 heterocycles. The molecule has 2 aliphatic rings. The average molecular weight is 380 g/mol. The highest BCUT2D eigenvalue weighted by Gasteiger charge is 2.31. The second-order valence-electron chi connectivity index (χ2n) is 7.35. The Morgan fingerprint density at radius 1 is 1.00 bits per heavy atom. The number of amides is 1. The van der Waals surface area contributed by atoms with Crippen LogP contribution >= 0.6 is 0 Å². The summed E-state index contributed by atoms with van der Waals surface area (Å²) in [5.74, 6) is 0.0961. The van der Waals surface area contributed by atoms with E-state index < -0.39 is 10.0 Å². The SMILES string of the molecule is CN1CCCCCC1C(=O)NC1CCN(S(=O)(=O)c2ccccc2)CC1.